The smallest absolute Gasteiger partial charge is 0.243 e. The van der Waals surface area contributed by atoms with Gasteiger partial charge in [0.1, 0.15) is 12.6 Å². The summed E-state index contributed by atoms with van der Waals surface area (Å²) in [5, 5.41) is 6.82. The molecular formula is C21H40IN5O3. The Labute approximate surface area is 198 Å². The van der Waals surface area contributed by atoms with Crippen LogP contribution in [0.2, 0.25) is 0 Å². The molecule has 1 amide bonds. The van der Waals surface area contributed by atoms with Crippen molar-refractivity contribution in [3.05, 3.63) is 0 Å². The van der Waals surface area contributed by atoms with E-state index in [2.05, 4.69) is 27.4 Å². The van der Waals surface area contributed by atoms with Gasteiger partial charge in [-0.05, 0) is 38.8 Å². The second-order valence-electron chi connectivity index (χ2n) is 8.66. The third-order valence-corrected chi connectivity index (χ3v) is 6.31. The van der Waals surface area contributed by atoms with E-state index in [1.165, 1.54) is 32.1 Å². The summed E-state index contributed by atoms with van der Waals surface area (Å²) in [7, 11) is 3.51. The van der Waals surface area contributed by atoms with E-state index in [0.29, 0.717) is 25.2 Å². The van der Waals surface area contributed by atoms with Gasteiger partial charge in [-0.15, -0.1) is 24.0 Å². The molecule has 2 saturated heterocycles. The first-order valence-electron chi connectivity index (χ1n) is 11.3. The first-order chi connectivity index (χ1) is 14.0. The average Bonchev–Trinajstić information content (AvgIpc) is 3.34. The second kappa shape index (κ2) is 12.4. The van der Waals surface area contributed by atoms with Crippen LogP contribution in [-0.2, 0) is 14.3 Å². The van der Waals surface area contributed by atoms with Crippen LogP contribution in [0.1, 0.15) is 51.9 Å². The van der Waals surface area contributed by atoms with Crippen molar-refractivity contribution in [3.8, 4) is 0 Å². The number of halogens is 1. The van der Waals surface area contributed by atoms with Gasteiger partial charge in [-0.25, -0.2) is 4.99 Å². The van der Waals surface area contributed by atoms with Crippen molar-refractivity contribution in [2.75, 3.05) is 53.4 Å². The molecule has 8 nitrogen and oxygen atoms in total. The number of likely N-dealkylation sites (N-methyl/N-ethyl adjacent to an activating group) is 2. The number of aliphatic imine (C=N–C) groups is 1. The maximum atomic E-state index is 12.0. The third-order valence-electron chi connectivity index (χ3n) is 6.31. The monoisotopic (exact) mass is 537 g/mol. The topological polar surface area (TPSA) is 78.4 Å². The van der Waals surface area contributed by atoms with Gasteiger partial charge in [-0.1, -0.05) is 13.3 Å². The van der Waals surface area contributed by atoms with E-state index in [1.54, 1.807) is 19.0 Å². The number of rotatable bonds is 7. The second-order valence-corrected chi connectivity index (χ2v) is 8.66. The number of carbonyl (C=O) groups is 1. The predicted molar refractivity (Wildman–Crippen MR) is 129 cm³/mol. The van der Waals surface area contributed by atoms with Gasteiger partial charge in [-0.3, -0.25) is 9.69 Å². The standard InChI is InChI=1S/C21H39N5O3.HI/c1-4-26-12-8-9-17(26)13-22-20(24-15-19(27)25(2)3)23-14-18-16-28-21(29-18)10-6-5-7-11-21;/h17-18H,4-16H2,1-3H3,(H2,22,23,24);1H. The van der Waals surface area contributed by atoms with Crippen molar-refractivity contribution in [2.24, 2.45) is 4.99 Å². The van der Waals surface area contributed by atoms with Crippen LogP contribution in [-0.4, -0.2) is 93.0 Å². The molecule has 3 rings (SSSR count). The minimum Gasteiger partial charge on any atom is -0.355 e. The van der Waals surface area contributed by atoms with Crippen LogP contribution in [0.15, 0.2) is 4.99 Å². The largest absolute Gasteiger partial charge is 0.355 e. The highest BCUT2D eigenvalue weighted by Gasteiger charge is 2.42. The molecule has 0 radical (unpaired) electrons. The lowest BCUT2D eigenvalue weighted by molar-refractivity contribution is -0.186. The number of nitrogens with one attached hydrogen (secondary N) is 2. The fraction of sp³-hybridized carbons (Fsp3) is 0.905. The van der Waals surface area contributed by atoms with Gasteiger partial charge in [0.2, 0.25) is 5.91 Å². The van der Waals surface area contributed by atoms with Gasteiger partial charge >= 0.3 is 0 Å². The maximum absolute atomic E-state index is 12.0. The van der Waals surface area contributed by atoms with Crippen molar-refractivity contribution in [3.63, 3.8) is 0 Å². The van der Waals surface area contributed by atoms with Crippen LogP contribution >= 0.6 is 24.0 Å². The zero-order valence-electron chi connectivity index (χ0n) is 18.8. The van der Waals surface area contributed by atoms with Gasteiger partial charge in [0.25, 0.3) is 0 Å². The molecule has 0 aromatic carbocycles. The molecule has 30 heavy (non-hydrogen) atoms. The Morgan fingerprint density at radius 3 is 2.60 bits per heavy atom. The van der Waals surface area contributed by atoms with Crippen molar-refractivity contribution in [2.45, 2.75) is 69.8 Å². The van der Waals surface area contributed by atoms with E-state index in [9.17, 15) is 4.79 Å². The molecule has 3 aliphatic rings. The van der Waals surface area contributed by atoms with E-state index in [1.807, 2.05) is 0 Å². The predicted octanol–water partition coefficient (Wildman–Crippen LogP) is 1.79. The fourth-order valence-corrected chi connectivity index (χ4v) is 4.50. The first kappa shape index (κ1) is 25.6. The van der Waals surface area contributed by atoms with Crippen LogP contribution in [0.5, 0.6) is 0 Å². The molecule has 2 heterocycles. The molecule has 2 N–H and O–H groups in total. The van der Waals surface area contributed by atoms with Crippen LogP contribution in [0.4, 0.5) is 0 Å². The summed E-state index contributed by atoms with van der Waals surface area (Å²) in [6.45, 7) is 6.66. The number of carbonyl (C=O) groups excluding carboxylic acids is 1. The number of hydrogen-bond acceptors (Lipinski definition) is 5. The van der Waals surface area contributed by atoms with Crippen LogP contribution in [0.3, 0.4) is 0 Å². The van der Waals surface area contributed by atoms with Gasteiger partial charge < -0.3 is 25.0 Å². The molecule has 0 bridgehead atoms. The molecule has 0 aromatic heterocycles. The lowest BCUT2D eigenvalue weighted by Crippen LogP contribution is -2.47. The third kappa shape index (κ3) is 7.20. The molecule has 9 heteroatoms. The number of hydrogen-bond donors (Lipinski definition) is 2. The average molecular weight is 537 g/mol. The summed E-state index contributed by atoms with van der Waals surface area (Å²) in [6, 6.07) is 0.521. The molecule has 0 aromatic rings. The van der Waals surface area contributed by atoms with Crippen LogP contribution < -0.4 is 10.6 Å². The van der Waals surface area contributed by atoms with Crippen molar-refractivity contribution in [1.29, 1.82) is 0 Å². The Morgan fingerprint density at radius 1 is 1.17 bits per heavy atom. The highest BCUT2D eigenvalue weighted by atomic mass is 127. The minimum atomic E-state index is -0.359. The zero-order valence-corrected chi connectivity index (χ0v) is 21.2. The lowest BCUT2D eigenvalue weighted by Gasteiger charge is -2.31. The summed E-state index contributed by atoms with van der Waals surface area (Å²) in [4.78, 5) is 20.6. The first-order valence-corrected chi connectivity index (χ1v) is 11.3. The summed E-state index contributed by atoms with van der Waals surface area (Å²) < 4.78 is 12.3. The number of guanidine groups is 1. The highest BCUT2D eigenvalue weighted by Crippen LogP contribution is 2.37. The van der Waals surface area contributed by atoms with E-state index in [4.69, 9.17) is 9.47 Å². The number of ether oxygens (including phenoxy) is 2. The molecule has 1 spiro atoms. The SMILES string of the molecule is CCN1CCCC1CNC(=NCC(=O)N(C)C)NCC1COC2(CCCCC2)O1.I. The Bertz CT molecular complexity index is 569. The van der Waals surface area contributed by atoms with E-state index in [-0.39, 0.29) is 48.3 Å². The van der Waals surface area contributed by atoms with Gasteiger partial charge in [0.05, 0.1) is 6.61 Å². The van der Waals surface area contributed by atoms with Crippen LogP contribution in [0, 0.1) is 0 Å². The summed E-state index contributed by atoms with van der Waals surface area (Å²) in [6.07, 6.45) is 8.08. The van der Waals surface area contributed by atoms with Gasteiger partial charge in [0.15, 0.2) is 11.7 Å². The van der Waals surface area contributed by atoms with Gasteiger partial charge in [0, 0.05) is 46.1 Å². The molecule has 1 saturated carbocycles. The fourth-order valence-electron chi connectivity index (χ4n) is 4.50. The molecular weight excluding hydrogens is 497 g/mol. The van der Waals surface area contributed by atoms with E-state index in [0.717, 1.165) is 32.5 Å². The maximum Gasteiger partial charge on any atom is 0.243 e. The van der Waals surface area contributed by atoms with Crippen molar-refractivity contribution >= 4 is 35.8 Å². The Morgan fingerprint density at radius 2 is 1.90 bits per heavy atom. The Balaban J connectivity index is 0.00000320. The number of amides is 1. The summed E-state index contributed by atoms with van der Waals surface area (Å²) in [5.74, 6) is 0.307. The molecule has 2 aliphatic heterocycles. The lowest BCUT2D eigenvalue weighted by atomic mass is 9.94. The highest BCUT2D eigenvalue weighted by molar-refractivity contribution is 14.0. The Kier molecular flexibility index (Phi) is 10.6. The molecule has 174 valence electrons. The van der Waals surface area contributed by atoms with Crippen molar-refractivity contribution in [1.82, 2.24) is 20.4 Å². The minimum absolute atomic E-state index is 0. The number of likely N-dealkylation sites (tertiary alicyclic amines) is 1. The number of nitrogens with zero attached hydrogens (tertiary/aromatic N) is 3. The summed E-state index contributed by atoms with van der Waals surface area (Å²) >= 11 is 0. The quantitative estimate of drug-likeness (QED) is 0.293. The van der Waals surface area contributed by atoms with Crippen molar-refractivity contribution < 1.29 is 14.3 Å². The van der Waals surface area contributed by atoms with Gasteiger partial charge in [-0.2, -0.15) is 0 Å². The summed E-state index contributed by atoms with van der Waals surface area (Å²) in [5.41, 5.74) is 0. The normalized spacial score (nSPS) is 26.4. The molecule has 3 fully saturated rings. The molecule has 2 atom stereocenters. The molecule has 1 aliphatic carbocycles. The van der Waals surface area contributed by atoms with E-state index < -0.39 is 0 Å². The van der Waals surface area contributed by atoms with Crippen LogP contribution in [0.25, 0.3) is 0 Å². The Hall–Kier alpha value is -0.650. The molecule has 2 unspecified atom stereocenters. The zero-order chi connectivity index (χ0) is 20.7. The van der Waals surface area contributed by atoms with E-state index >= 15 is 0 Å².